The van der Waals surface area contributed by atoms with Gasteiger partial charge in [-0.15, -0.1) is 0 Å². The van der Waals surface area contributed by atoms with Gasteiger partial charge in [-0.1, -0.05) is 23.8 Å². The van der Waals surface area contributed by atoms with Crippen molar-refractivity contribution in [2.75, 3.05) is 13.2 Å². The van der Waals surface area contributed by atoms with E-state index < -0.39 is 5.97 Å². The highest BCUT2D eigenvalue weighted by Crippen LogP contribution is 2.20. The number of hydrogen-bond acceptors (Lipinski definition) is 3. The van der Waals surface area contributed by atoms with Crippen LogP contribution in [0.4, 0.5) is 0 Å². The Balaban J connectivity index is 1.90. The zero-order chi connectivity index (χ0) is 15.2. The van der Waals surface area contributed by atoms with E-state index >= 15 is 0 Å². The van der Waals surface area contributed by atoms with Gasteiger partial charge in [-0.25, -0.2) is 4.79 Å². The summed E-state index contributed by atoms with van der Waals surface area (Å²) in [6.45, 7) is 4.55. The first kappa shape index (κ1) is 14.9. The minimum absolute atomic E-state index is 0.163. The molecule has 0 saturated carbocycles. The normalized spacial score (nSPS) is 10.2. The summed E-state index contributed by atoms with van der Waals surface area (Å²) in [5, 5.41) is 9.11. The highest BCUT2D eigenvalue weighted by atomic mass is 16.5. The zero-order valence-corrected chi connectivity index (χ0v) is 12.1. The molecule has 0 fully saturated rings. The number of carboxylic acids is 1. The number of carbonyl (C=O) groups is 1. The minimum atomic E-state index is -0.996. The molecule has 2 rings (SSSR count). The van der Waals surface area contributed by atoms with Crippen LogP contribution in [0, 0.1) is 13.8 Å². The van der Waals surface area contributed by atoms with Crippen molar-refractivity contribution in [1.82, 2.24) is 0 Å². The standard InChI is InChI=1S/C17H18O4/c1-12-3-6-14(7-4-12)20-9-10-21-16-11-13(2)5-8-15(16)17(18)19/h3-8,11H,9-10H2,1-2H3,(H,18,19). The third-order valence-corrected chi connectivity index (χ3v) is 3.00. The summed E-state index contributed by atoms with van der Waals surface area (Å²) in [6.07, 6.45) is 0. The van der Waals surface area contributed by atoms with Gasteiger partial charge in [0.2, 0.25) is 0 Å². The smallest absolute Gasteiger partial charge is 0.339 e. The maximum Gasteiger partial charge on any atom is 0.339 e. The summed E-state index contributed by atoms with van der Waals surface area (Å²) >= 11 is 0. The summed E-state index contributed by atoms with van der Waals surface area (Å²) in [4.78, 5) is 11.1. The quantitative estimate of drug-likeness (QED) is 0.826. The van der Waals surface area contributed by atoms with Crippen molar-refractivity contribution in [3.8, 4) is 11.5 Å². The predicted molar refractivity (Wildman–Crippen MR) is 80.3 cm³/mol. The van der Waals surface area contributed by atoms with Crippen molar-refractivity contribution in [1.29, 1.82) is 0 Å². The summed E-state index contributed by atoms with van der Waals surface area (Å²) in [5.41, 5.74) is 2.29. The molecule has 110 valence electrons. The molecule has 4 nitrogen and oxygen atoms in total. The molecule has 0 atom stereocenters. The first-order valence-corrected chi connectivity index (χ1v) is 6.72. The minimum Gasteiger partial charge on any atom is -0.490 e. The lowest BCUT2D eigenvalue weighted by Gasteiger charge is -2.11. The van der Waals surface area contributed by atoms with Gasteiger partial charge in [-0.3, -0.25) is 0 Å². The Bertz CT molecular complexity index is 617. The van der Waals surface area contributed by atoms with E-state index in [9.17, 15) is 4.79 Å². The highest BCUT2D eigenvalue weighted by molar-refractivity contribution is 5.90. The van der Waals surface area contributed by atoms with E-state index in [1.54, 1.807) is 18.2 Å². The molecule has 0 amide bonds. The number of benzene rings is 2. The summed E-state index contributed by atoms with van der Waals surface area (Å²) in [5.74, 6) is 0.145. The number of rotatable bonds is 6. The lowest BCUT2D eigenvalue weighted by Crippen LogP contribution is -2.11. The molecule has 2 aromatic rings. The van der Waals surface area contributed by atoms with Gasteiger partial charge < -0.3 is 14.6 Å². The third kappa shape index (κ3) is 4.24. The van der Waals surface area contributed by atoms with Gasteiger partial charge >= 0.3 is 5.97 Å². The molecule has 0 radical (unpaired) electrons. The molecule has 0 aliphatic rings. The Kier molecular flexibility index (Phi) is 4.82. The van der Waals surface area contributed by atoms with Crippen LogP contribution in [0.1, 0.15) is 21.5 Å². The van der Waals surface area contributed by atoms with Gasteiger partial charge in [-0.2, -0.15) is 0 Å². The molecule has 21 heavy (non-hydrogen) atoms. The molecule has 0 unspecified atom stereocenters. The van der Waals surface area contributed by atoms with E-state index in [2.05, 4.69) is 0 Å². The SMILES string of the molecule is Cc1ccc(OCCOc2cc(C)ccc2C(=O)O)cc1. The molecule has 0 spiro atoms. The topological polar surface area (TPSA) is 55.8 Å². The van der Waals surface area contributed by atoms with Crippen molar-refractivity contribution < 1.29 is 19.4 Å². The Hall–Kier alpha value is -2.49. The molecular weight excluding hydrogens is 268 g/mol. The Labute approximate surface area is 123 Å². The highest BCUT2D eigenvalue weighted by Gasteiger charge is 2.11. The van der Waals surface area contributed by atoms with Gasteiger partial charge in [-0.05, 0) is 43.7 Å². The first-order valence-electron chi connectivity index (χ1n) is 6.72. The Morgan fingerprint density at radius 3 is 2.24 bits per heavy atom. The summed E-state index contributed by atoms with van der Waals surface area (Å²) in [7, 11) is 0. The molecule has 0 heterocycles. The fourth-order valence-corrected chi connectivity index (χ4v) is 1.87. The van der Waals surface area contributed by atoms with Gasteiger partial charge in [0, 0.05) is 0 Å². The van der Waals surface area contributed by atoms with Crippen molar-refractivity contribution in [3.05, 3.63) is 59.2 Å². The molecule has 0 aliphatic carbocycles. The number of carboxylic acid groups (broad SMARTS) is 1. The maximum atomic E-state index is 11.1. The number of aryl methyl sites for hydroxylation is 2. The van der Waals surface area contributed by atoms with Crippen LogP contribution in [0.25, 0.3) is 0 Å². The molecule has 0 bridgehead atoms. The van der Waals surface area contributed by atoms with Crippen LogP contribution in [0.2, 0.25) is 0 Å². The van der Waals surface area contributed by atoms with E-state index in [1.165, 1.54) is 5.56 Å². The second-order valence-electron chi connectivity index (χ2n) is 4.81. The van der Waals surface area contributed by atoms with Gasteiger partial charge in [0.25, 0.3) is 0 Å². The fraction of sp³-hybridized carbons (Fsp3) is 0.235. The summed E-state index contributed by atoms with van der Waals surface area (Å²) in [6, 6.07) is 12.7. The Morgan fingerprint density at radius 1 is 0.952 bits per heavy atom. The van der Waals surface area contributed by atoms with E-state index in [1.807, 2.05) is 38.1 Å². The van der Waals surface area contributed by atoms with E-state index in [-0.39, 0.29) is 12.2 Å². The van der Waals surface area contributed by atoms with Gasteiger partial charge in [0.05, 0.1) is 0 Å². The monoisotopic (exact) mass is 286 g/mol. The van der Waals surface area contributed by atoms with Crippen LogP contribution in [0.15, 0.2) is 42.5 Å². The largest absolute Gasteiger partial charge is 0.490 e. The van der Waals surface area contributed by atoms with E-state index in [0.717, 1.165) is 11.3 Å². The number of hydrogen-bond donors (Lipinski definition) is 1. The van der Waals surface area contributed by atoms with Gasteiger partial charge in [0.15, 0.2) is 0 Å². The van der Waals surface area contributed by atoms with Gasteiger partial charge in [0.1, 0.15) is 30.3 Å². The Morgan fingerprint density at radius 2 is 1.57 bits per heavy atom. The molecule has 0 saturated heterocycles. The van der Waals surface area contributed by atoms with Crippen LogP contribution >= 0.6 is 0 Å². The second-order valence-corrected chi connectivity index (χ2v) is 4.81. The van der Waals surface area contributed by atoms with Crippen molar-refractivity contribution in [2.45, 2.75) is 13.8 Å². The predicted octanol–water partition coefficient (Wildman–Crippen LogP) is 3.46. The third-order valence-electron chi connectivity index (χ3n) is 3.00. The molecular formula is C17H18O4. The lowest BCUT2D eigenvalue weighted by atomic mass is 10.1. The lowest BCUT2D eigenvalue weighted by molar-refractivity contribution is 0.0691. The molecule has 0 aliphatic heterocycles. The molecule has 0 aromatic heterocycles. The van der Waals surface area contributed by atoms with Crippen LogP contribution < -0.4 is 9.47 Å². The number of ether oxygens (including phenoxy) is 2. The maximum absolute atomic E-state index is 11.1. The fourth-order valence-electron chi connectivity index (χ4n) is 1.87. The van der Waals surface area contributed by atoms with Crippen LogP contribution in [0.3, 0.4) is 0 Å². The van der Waals surface area contributed by atoms with Crippen molar-refractivity contribution in [3.63, 3.8) is 0 Å². The van der Waals surface area contributed by atoms with E-state index in [0.29, 0.717) is 12.4 Å². The molecule has 4 heteroatoms. The molecule has 1 N–H and O–H groups in total. The number of aromatic carboxylic acids is 1. The first-order chi connectivity index (χ1) is 10.1. The van der Waals surface area contributed by atoms with E-state index in [4.69, 9.17) is 14.6 Å². The average molecular weight is 286 g/mol. The van der Waals surface area contributed by atoms with Crippen molar-refractivity contribution in [2.24, 2.45) is 0 Å². The molecule has 2 aromatic carbocycles. The summed E-state index contributed by atoms with van der Waals surface area (Å²) < 4.78 is 11.1. The second kappa shape index (κ2) is 6.79. The zero-order valence-electron chi connectivity index (χ0n) is 12.1. The average Bonchev–Trinajstić information content (AvgIpc) is 2.45. The van der Waals surface area contributed by atoms with Crippen LogP contribution in [-0.4, -0.2) is 24.3 Å². The van der Waals surface area contributed by atoms with Crippen LogP contribution in [0.5, 0.6) is 11.5 Å². The van der Waals surface area contributed by atoms with Crippen LogP contribution in [-0.2, 0) is 0 Å². The van der Waals surface area contributed by atoms with Crippen molar-refractivity contribution >= 4 is 5.97 Å².